The fraction of sp³-hybridized carbons (Fsp3) is 0.500. The van der Waals surface area contributed by atoms with Crippen LogP contribution in [0.1, 0.15) is 36.7 Å². The molecule has 3 nitrogen and oxygen atoms in total. The van der Waals surface area contributed by atoms with Crippen molar-refractivity contribution in [2.24, 2.45) is 0 Å². The molecule has 2 rings (SSSR count). The molecule has 1 aromatic rings. The van der Waals surface area contributed by atoms with Crippen LogP contribution in [0.2, 0.25) is 0 Å². The van der Waals surface area contributed by atoms with Crippen LogP contribution in [0.4, 0.5) is 0 Å². The maximum absolute atomic E-state index is 8.49. The van der Waals surface area contributed by atoms with Gasteiger partial charge in [-0.3, -0.25) is 0 Å². The highest BCUT2D eigenvalue weighted by atomic mass is 14.9. The van der Waals surface area contributed by atoms with Crippen molar-refractivity contribution in [1.82, 2.24) is 9.97 Å². The molecule has 0 radical (unpaired) electrons. The van der Waals surface area contributed by atoms with E-state index >= 15 is 0 Å². The van der Waals surface area contributed by atoms with Gasteiger partial charge in [0.1, 0.15) is 5.82 Å². The molecule has 0 unspecified atom stereocenters. The quantitative estimate of drug-likeness (QED) is 0.685. The van der Waals surface area contributed by atoms with E-state index in [-0.39, 0.29) is 0 Å². The fourth-order valence-corrected chi connectivity index (χ4v) is 1.50. The van der Waals surface area contributed by atoms with Gasteiger partial charge in [0, 0.05) is 17.8 Å². The predicted octanol–water partition coefficient (Wildman–Crippen LogP) is 1.81. The largest absolute Gasteiger partial charge is 0.240 e. The van der Waals surface area contributed by atoms with Crippen LogP contribution in [0.15, 0.2) is 12.3 Å². The summed E-state index contributed by atoms with van der Waals surface area (Å²) in [4.78, 5) is 8.39. The Morgan fingerprint density at radius 1 is 1.54 bits per heavy atom. The van der Waals surface area contributed by atoms with Gasteiger partial charge in [0.15, 0.2) is 0 Å². The van der Waals surface area contributed by atoms with Crippen molar-refractivity contribution in [2.45, 2.75) is 31.6 Å². The molecule has 1 aliphatic carbocycles. The molecule has 0 bridgehead atoms. The van der Waals surface area contributed by atoms with Gasteiger partial charge in [0.2, 0.25) is 0 Å². The summed E-state index contributed by atoms with van der Waals surface area (Å²) in [5.74, 6) is 1.28. The van der Waals surface area contributed by atoms with Crippen LogP contribution in [0, 0.1) is 11.3 Å². The minimum absolute atomic E-state index is 0.320. The number of rotatable bonds is 2. The van der Waals surface area contributed by atoms with Gasteiger partial charge >= 0.3 is 0 Å². The predicted molar refractivity (Wildman–Crippen MR) is 47.9 cm³/mol. The average molecular weight is 173 g/mol. The Labute approximate surface area is 77.4 Å². The second-order valence-corrected chi connectivity index (χ2v) is 3.36. The van der Waals surface area contributed by atoms with E-state index in [0.717, 1.165) is 5.69 Å². The molecule has 0 aromatic carbocycles. The number of aromatic nitrogens is 2. The van der Waals surface area contributed by atoms with Crippen molar-refractivity contribution in [3.05, 3.63) is 23.8 Å². The van der Waals surface area contributed by atoms with Crippen molar-refractivity contribution in [3.63, 3.8) is 0 Å². The zero-order valence-electron chi connectivity index (χ0n) is 7.40. The lowest BCUT2D eigenvalue weighted by molar-refractivity contribution is 0.409. The Bertz CT molecular complexity index is 336. The normalized spacial score (nSPS) is 16.2. The number of nitrogens with zero attached hydrogens (tertiary/aromatic N) is 3. The topological polar surface area (TPSA) is 49.6 Å². The van der Waals surface area contributed by atoms with Gasteiger partial charge in [-0.15, -0.1) is 0 Å². The standard InChI is InChI=1S/C10H11N3/c11-6-4-10-12-7-5-9(13-10)8-2-1-3-8/h5,7-8H,1-4H2. The third-order valence-corrected chi connectivity index (χ3v) is 2.49. The SMILES string of the molecule is N#CCc1nccc(C2CCC2)n1. The highest BCUT2D eigenvalue weighted by Gasteiger charge is 2.20. The molecule has 0 saturated heterocycles. The van der Waals surface area contributed by atoms with Crippen LogP contribution < -0.4 is 0 Å². The first-order valence-corrected chi connectivity index (χ1v) is 4.59. The van der Waals surface area contributed by atoms with E-state index < -0.39 is 0 Å². The number of nitriles is 1. The smallest absolute Gasteiger partial charge is 0.142 e. The first-order chi connectivity index (χ1) is 6.40. The summed E-state index contributed by atoms with van der Waals surface area (Å²) >= 11 is 0. The van der Waals surface area contributed by atoms with Crippen LogP contribution in [-0.4, -0.2) is 9.97 Å². The van der Waals surface area contributed by atoms with Crippen LogP contribution in [0.3, 0.4) is 0 Å². The summed E-state index contributed by atoms with van der Waals surface area (Å²) in [5.41, 5.74) is 1.12. The third kappa shape index (κ3) is 1.67. The van der Waals surface area contributed by atoms with Gasteiger partial charge in [-0.25, -0.2) is 9.97 Å². The molecule has 1 aromatic heterocycles. The summed E-state index contributed by atoms with van der Waals surface area (Å²) in [6.45, 7) is 0. The van der Waals surface area contributed by atoms with E-state index in [1.165, 1.54) is 19.3 Å². The van der Waals surface area contributed by atoms with Crippen molar-refractivity contribution in [2.75, 3.05) is 0 Å². The van der Waals surface area contributed by atoms with Crippen molar-refractivity contribution in [3.8, 4) is 6.07 Å². The second-order valence-electron chi connectivity index (χ2n) is 3.36. The highest BCUT2D eigenvalue weighted by molar-refractivity contribution is 5.12. The van der Waals surface area contributed by atoms with Crippen molar-refractivity contribution in [1.29, 1.82) is 5.26 Å². The Morgan fingerprint density at radius 3 is 3.00 bits per heavy atom. The maximum Gasteiger partial charge on any atom is 0.142 e. The molecule has 0 atom stereocenters. The molecule has 3 heteroatoms. The van der Waals surface area contributed by atoms with Crippen LogP contribution >= 0.6 is 0 Å². The number of hydrogen-bond donors (Lipinski definition) is 0. The Kier molecular flexibility index (Phi) is 2.22. The van der Waals surface area contributed by atoms with Gasteiger partial charge < -0.3 is 0 Å². The lowest BCUT2D eigenvalue weighted by Gasteiger charge is -2.24. The zero-order valence-corrected chi connectivity index (χ0v) is 7.40. The summed E-state index contributed by atoms with van der Waals surface area (Å²) in [7, 11) is 0. The first kappa shape index (κ1) is 8.18. The summed E-state index contributed by atoms with van der Waals surface area (Å²) < 4.78 is 0. The average Bonchev–Trinajstić information content (AvgIpc) is 2.02. The molecule has 1 heterocycles. The minimum atomic E-state index is 0.320. The molecule has 1 saturated carbocycles. The second kappa shape index (κ2) is 3.53. The zero-order chi connectivity index (χ0) is 9.10. The maximum atomic E-state index is 8.49. The molecular formula is C10H11N3. The minimum Gasteiger partial charge on any atom is -0.240 e. The molecule has 0 amide bonds. The number of hydrogen-bond acceptors (Lipinski definition) is 3. The summed E-state index contributed by atoms with van der Waals surface area (Å²) in [5, 5.41) is 8.49. The Balaban J connectivity index is 2.17. The lowest BCUT2D eigenvalue weighted by atomic mass is 9.83. The molecule has 0 N–H and O–H groups in total. The molecule has 66 valence electrons. The highest BCUT2D eigenvalue weighted by Crippen LogP contribution is 2.34. The summed E-state index contributed by atoms with van der Waals surface area (Å²) in [6, 6.07) is 4.02. The van der Waals surface area contributed by atoms with E-state index in [4.69, 9.17) is 5.26 Å². The van der Waals surface area contributed by atoms with E-state index in [9.17, 15) is 0 Å². The van der Waals surface area contributed by atoms with E-state index in [1.807, 2.05) is 6.07 Å². The van der Waals surface area contributed by atoms with Gasteiger partial charge in [0.25, 0.3) is 0 Å². The molecule has 13 heavy (non-hydrogen) atoms. The van der Waals surface area contributed by atoms with Crippen LogP contribution in [-0.2, 0) is 6.42 Å². The Morgan fingerprint density at radius 2 is 2.38 bits per heavy atom. The molecule has 0 aliphatic heterocycles. The van der Waals surface area contributed by atoms with Crippen molar-refractivity contribution < 1.29 is 0 Å². The van der Waals surface area contributed by atoms with E-state index in [2.05, 4.69) is 16.0 Å². The van der Waals surface area contributed by atoms with Crippen LogP contribution in [0.25, 0.3) is 0 Å². The molecular weight excluding hydrogens is 162 g/mol. The van der Waals surface area contributed by atoms with Gasteiger partial charge in [0.05, 0.1) is 12.5 Å². The molecule has 1 aliphatic rings. The first-order valence-electron chi connectivity index (χ1n) is 4.59. The summed E-state index contributed by atoms with van der Waals surface area (Å²) in [6.07, 6.45) is 5.86. The Hall–Kier alpha value is -1.43. The van der Waals surface area contributed by atoms with Gasteiger partial charge in [-0.2, -0.15) is 5.26 Å². The van der Waals surface area contributed by atoms with Crippen LogP contribution in [0.5, 0.6) is 0 Å². The van der Waals surface area contributed by atoms with E-state index in [1.54, 1.807) is 6.20 Å². The molecule has 0 spiro atoms. The lowest BCUT2D eigenvalue weighted by Crippen LogP contribution is -2.11. The van der Waals surface area contributed by atoms with Crippen molar-refractivity contribution >= 4 is 0 Å². The van der Waals surface area contributed by atoms with Gasteiger partial charge in [-0.1, -0.05) is 6.42 Å². The molecule has 1 fully saturated rings. The third-order valence-electron chi connectivity index (χ3n) is 2.49. The van der Waals surface area contributed by atoms with E-state index in [0.29, 0.717) is 18.2 Å². The monoisotopic (exact) mass is 173 g/mol. The van der Waals surface area contributed by atoms with Gasteiger partial charge in [-0.05, 0) is 18.9 Å². The fourth-order valence-electron chi connectivity index (χ4n) is 1.50.